The van der Waals surface area contributed by atoms with E-state index in [4.69, 9.17) is 49.5 Å². The third-order valence-corrected chi connectivity index (χ3v) is 35.0. The van der Waals surface area contributed by atoms with Crippen molar-refractivity contribution in [3.8, 4) is 0 Å². The van der Waals surface area contributed by atoms with Gasteiger partial charge in [-0.1, -0.05) is 117 Å². The first-order chi connectivity index (χ1) is 66.9. The average Bonchev–Trinajstić information content (AvgIpc) is 1.61. The summed E-state index contributed by atoms with van der Waals surface area (Å²) in [6.07, 6.45) is 19.6. The van der Waals surface area contributed by atoms with E-state index < -0.39 is 179 Å². The number of alkyl halides is 2. The number of hydrogen-bond donors (Lipinski definition) is 6. The molecule has 0 aromatic rings. The van der Waals surface area contributed by atoms with Crippen LogP contribution in [-0.4, -0.2) is 237 Å². The number of aliphatic hydroxyl groups excluding tert-OH is 3. The number of ether oxygens (including phenoxy) is 8. The van der Waals surface area contributed by atoms with Gasteiger partial charge in [0.15, 0.2) is 66.1 Å². The standard InChI is InChI=1S/C34H47ClN2O11.C34H48N2O11.C33H45FN2O11/c1-5-29(42)48-34(27(40)20-46-30(43)13-15-36-28(41)9-7-6-8-16-47-37(44)45)21(2)17-25-24-11-10-22-18-23(38)12-14-31(22,3)33(24,35)26(39)19-32(25,34)4;1-4-8-30-46-27-18-24-23-11-10-21-17-22(37)12-14-32(21,2)31(23)25(38)19-33(24,3)34(27,47-30)26(39)20-44-29(41)13-15-35-28(40)9-6-5-7-16-45-36(42)43;1-30(2)46-26-16-21-20-15-23(34)22-14-19(37)9-11-31(22,3)29(20)24(38)17-32(21,4)33(26,47-30)25(39)18-44-28(41)10-12-35-27(40)8-6-5-7-13-45-36(42)43/h12,14,18,21,24-26,39H,5-11,13,15-17,19-20H2,1-4H3,(H,36,41);12,14,17,23-25,27,30-31,38H,4-11,13,15-16,18-20H2,1-3H3,(H,35,40);9,11,14,20-21,23-24,26,29,38H,5-8,10,12-13,15-18H2,1-4H3,(H,35,40)/t21-,24-,25-,26-,31-,32?,33-,34-;23-,24-,25-,27+,30?,31+,32-,33-,34+;20-,21-,23-,24-,26+,29+,31-,32-,33+/m000/s1. The number of Topliss-reactive ketones (excluding diaryl/α,β-unsaturated/α-hetero) is 3. The molecule has 786 valence electrons. The molecule has 26 atom stereocenters. The maximum atomic E-state index is 15.8. The Labute approximate surface area is 829 Å². The summed E-state index contributed by atoms with van der Waals surface area (Å²) in [6.45, 7) is 18.8. The zero-order valence-electron chi connectivity index (χ0n) is 83.0. The predicted octanol–water partition coefficient (Wildman–Crippen LogP) is 10.6. The fourth-order valence-corrected chi connectivity index (χ4v) is 28.4. The third-order valence-electron chi connectivity index (χ3n) is 34.1. The number of aliphatic hydroxyl groups is 3. The van der Waals surface area contributed by atoms with Gasteiger partial charge in [-0.25, -0.2) is 4.39 Å². The van der Waals surface area contributed by atoms with E-state index >= 15 is 4.39 Å². The Balaban J connectivity index is 0.000000190. The Morgan fingerprint density at radius 1 is 0.507 bits per heavy atom. The first-order valence-electron chi connectivity index (χ1n) is 50.3. The van der Waals surface area contributed by atoms with Gasteiger partial charge in [-0.15, -0.1) is 41.9 Å². The average molecular weight is 2020 g/mol. The van der Waals surface area contributed by atoms with E-state index in [-0.39, 0.29) is 192 Å². The molecular formula is C101H140ClFN6O33. The third kappa shape index (κ3) is 21.9. The van der Waals surface area contributed by atoms with Crippen molar-refractivity contribution in [1.29, 1.82) is 0 Å². The molecular weight excluding hydrogens is 1880 g/mol. The molecule has 2 aliphatic heterocycles. The minimum absolute atomic E-state index is 0.00535. The summed E-state index contributed by atoms with van der Waals surface area (Å²) in [4.78, 5) is 208. The van der Waals surface area contributed by atoms with Crippen molar-refractivity contribution in [2.24, 2.45) is 85.8 Å². The van der Waals surface area contributed by atoms with Gasteiger partial charge in [0.1, 0.15) is 6.17 Å². The summed E-state index contributed by atoms with van der Waals surface area (Å²) < 4.78 is 63.9. The second-order valence-corrected chi connectivity index (χ2v) is 43.3. The van der Waals surface area contributed by atoms with E-state index in [0.29, 0.717) is 108 Å². The van der Waals surface area contributed by atoms with E-state index in [1.54, 1.807) is 51.2 Å². The lowest BCUT2D eigenvalue weighted by molar-refractivity contribution is -0.757. The number of halogens is 2. The van der Waals surface area contributed by atoms with Crippen LogP contribution in [0.25, 0.3) is 0 Å². The molecule has 142 heavy (non-hydrogen) atoms. The van der Waals surface area contributed by atoms with Crippen LogP contribution in [0, 0.1) is 116 Å². The second-order valence-electron chi connectivity index (χ2n) is 42.6. The summed E-state index contributed by atoms with van der Waals surface area (Å²) in [6, 6.07) is 0. The fourth-order valence-electron chi connectivity index (χ4n) is 27.9. The number of allylic oxidation sites excluding steroid dienone is 12. The number of nitrogens with zero attached hydrogens (tertiary/aromatic N) is 3. The molecule has 14 aliphatic rings. The van der Waals surface area contributed by atoms with Crippen molar-refractivity contribution in [2.75, 3.05) is 59.3 Å². The number of rotatable bonds is 43. The molecule has 9 saturated carbocycles. The zero-order valence-corrected chi connectivity index (χ0v) is 83.7. The van der Waals surface area contributed by atoms with Crippen molar-refractivity contribution < 1.29 is 150 Å². The first kappa shape index (κ1) is 111. The molecule has 0 aromatic carbocycles. The molecule has 3 amide bonds. The summed E-state index contributed by atoms with van der Waals surface area (Å²) >= 11 is 7.53. The lowest BCUT2D eigenvalue weighted by atomic mass is 9.45. The molecule has 12 aliphatic carbocycles. The Morgan fingerprint density at radius 3 is 1.48 bits per heavy atom. The van der Waals surface area contributed by atoms with Crippen LogP contribution in [0.4, 0.5) is 4.39 Å². The number of carbonyl (C=O) groups is 13. The largest absolute Gasteiger partial charge is 0.457 e. The summed E-state index contributed by atoms with van der Waals surface area (Å²) in [5, 5.41) is 71.3. The SMILES string of the molecule is CC1(C)O[C@@H]2C[C@H]3[C@@H]4C[C@H](F)C5=CC(=O)C=C[C@]5(C)[C@H]4[C@@H](O)C[C@]3(C)[C@]2(C(=O)COC(=O)CCNC(=O)CCCCCO[N+](=O)[O-])O1.CCC(=O)O[C@]1(C(=O)COC(=O)CCNC(=O)CCCCCO[N+](=O)[O-])[C@@H](C)C[C@H]2[C@@H]3CCC4=CC(=O)C=C[C@]4(C)[C@@]3(Cl)[C@@H](O)CC21C.CCCC1O[C@@H]2C[C@H]3[C@@H]4CCC5=CC(=O)C=C[C@]5(C)[C@H]4[C@@H](O)C[C@]3(C)[C@]2(C(=O)COC(=O)CCNC(=O)CCCCCO[N+](=O)[O-])O1. The van der Waals surface area contributed by atoms with Crippen molar-refractivity contribution in [3.63, 3.8) is 0 Å². The molecule has 41 heteroatoms. The van der Waals surface area contributed by atoms with Gasteiger partial charge in [-0.3, -0.25) is 62.3 Å². The normalized spacial score (nSPS) is 36.5. The van der Waals surface area contributed by atoms with Gasteiger partial charge >= 0.3 is 23.9 Å². The molecule has 2 saturated heterocycles. The van der Waals surface area contributed by atoms with Crippen molar-refractivity contribution in [3.05, 3.63) is 102 Å². The molecule has 0 bridgehead atoms. The molecule has 0 radical (unpaired) electrons. The smallest absolute Gasteiger partial charge is 0.308 e. The van der Waals surface area contributed by atoms with Gasteiger partial charge in [0.25, 0.3) is 15.3 Å². The highest BCUT2D eigenvalue weighted by Crippen LogP contribution is 2.75. The fraction of sp³-hybridized carbons (Fsp3) is 0.752. The zero-order chi connectivity index (χ0) is 104. The number of amides is 3. The Bertz CT molecular complexity index is 5020. The predicted molar refractivity (Wildman–Crippen MR) is 499 cm³/mol. The highest BCUT2D eigenvalue weighted by atomic mass is 35.5. The molecule has 2 unspecified atom stereocenters. The van der Waals surface area contributed by atoms with E-state index in [9.17, 15) is 108 Å². The van der Waals surface area contributed by atoms with Crippen LogP contribution in [0.15, 0.2) is 71.4 Å². The first-order valence-corrected chi connectivity index (χ1v) is 50.7. The van der Waals surface area contributed by atoms with E-state index in [1.165, 1.54) is 18.2 Å². The number of ketones is 6. The highest BCUT2D eigenvalue weighted by Gasteiger charge is 2.81. The molecule has 11 fully saturated rings. The van der Waals surface area contributed by atoms with E-state index in [0.717, 1.165) is 30.4 Å². The topological polar surface area (TPSA) is 550 Å². The number of nitrogens with one attached hydrogen (secondary N) is 3. The maximum absolute atomic E-state index is 15.8. The van der Waals surface area contributed by atoms with Gasteiger partial charge in [0.2, 0.25) is 35.1 Å². The maximum Gasteiger partial charge on any atom is 0.308 e. The van der Waals surface area contributed by atoms with Gasteiger partial charge in [0, 0.05) is 95.6 Å². The Hall–Kier alpha value is -9.71. The van der Waals surface area contributed by atoms with Crippen LogP contribution in [0.3, 0.4) is 0 Å². The van der Waals surface area contributed by atoms with E-state index in [2.05, 4.69) is 37.4 Å². The minimum Gasteiger partial charge on any atom is -0.457 e. The Kier molecular flexibility index (Phi) is 35.3. The summed E-state index contributed by atoms with van der Waals surface area (Å²) in [5.41, 5.74) is -7.15. The monoisotopic (exact) mass is 2020 g/mol. The second kappa shape index (κ2) is 45.1. The Morgan fingerprint density at radius 2 is 0.965 bits per heavy atom. The van der Waals surface area contributed by atoms with Gasteiger partial charge in [-0.2, -0.15) is 0 Å². The van der Waals surface area contributed by atoms with Crippen molar-refractivity contribution in [1.82, 2.24) is 16.0 Å². The number of carbonyl (C=O) groups excluding carboxylic acids is 13. The van der Waals surface area contributed by atoms with Gasteiger partial charge in [-0.05, 0) is 207 Å². The molecule has 39 nitrogen and oxygen atoms in total. The molecule has 6 N–H and O–H groups in total. The summed E-state index contributed by atoms with van der Waals surface area (Å²) in [5.74, 6) is -8.38. The molecule has 2 heterocycles. The van der Waals surface area contributed by atoms with Crippen LogP contribution in [0.1, 0.15) is 262 Å². The van der Waals surface area contributed by atoms with Gasteiger partial charge in [0.05, 0.1) is 74.5 Å². The number of unbranched alkanes of at least 4 members (excludes halogenated alkanes) is 6. The van der Waals surface area contributed by atoms with Crippen LogP contribution in [-0.2, 0) is 115 Å². The quantitative estimate of drug-likeness (QED) is 0.00825. The van der Waals surface area contributed by atoms with Gasteiger partial charge < -0.3 is 83.7 Å². The van der Waals surface area contributed by atoms with E-state index in [1.807, 2.05) is 54.5 Å². The van der Waals surface area contributed by atoms with Crippen molar-refractivity contribution in [2.45, 2.75) is 333 Å². The minimum atomic E-state index is -1.68. The number of fused-ring (bicyclic) bond motifs is 19. The van der Waals surface area contributed by atoms with Crippen LogP contribution in [0.5, 0.6) is 0 Å². The lowest BCUT2D eigenvalue weighted by Crippen LogP contribution is -2.69. The molecule has 14 rings (SSSR count). The summed E-state index contributed by atoms with van der Waals surface area (Å²) in [7, 11) is 0. The van der Waals surface area contributed by atoms with Crippen LogP contribution in [0.2, 0.25) is 0 Å². The molecule has 0 aromatic heterocycles. The van der Waals surface area contributed by atoms with Crippen molar-refractivity contribution >= 4 is 87.9 Å². The lowest BCUT2D eigenvalue weighted by Gasteiger charge is -2.64. The number of hydrogen-bond acceptors (Lipinski definition) is 33. The van der Waals surface area contributed by atoms with Crippen LogP contribution < -0.4 is 16.0 Å². The highest BCUT2D eigenvalue weighted by molar-refractivity contribution is 6.26. The molecule has 0 spiro atoms. The van der Waals surface area contributed by atoms with Crippen LogP contribution >= 0.6 is 11.6 Å². The number of esters is 4.